The van der Waals surface area contributed by atoms with Gasteiger partial charge in [0.2, 0.25) is 5.88 Å². The van der Waals surface area contributed by atoms with Crippen molar-refractivity contribution in [1.29, 1.82) is 0 Å². The van der Waals surface area contributed by atoms with Gasteiger partial charge >= 0.3 is 0 Å². The van der Waals surface area contributed by atoms with Gasteiger partial charge in [-0.1, -0.05) is 72.4 Å². The molecule has 4 rings (SSSR count). The van der Waals surface area contributed by atoms with Crippen LogP contribution in [0, 0.1) is 6.92 Å². The van der Waals surface area contributed by atoms with E-state index in [1.807, 2.05) is 66.4 Å². The van der Waals surface area contributed by atoms with Crippen LogP contribution in [0.3, 0.4) is 0 Å². The Morgan fingerprint density at radius 3 is 2.46 bits per heavy atom. The zero-order chi connectivity index (χ0) is 24.6. The number of aryl methyl sites for hydroxylation is 1. The number of hydrogen-bond donors (Lipinski definition) is 0. The number of aromatic nitrogens is 1. The van der Waals surface area contributed by atoms with Crippen molar-refractivity contribution in [3.8, 4) is 11.3 Å². The first kappa shape index (κ1) is 25.0. The normalized spacial score (nSPS) is 14.1. The summed E-state index contributed by atoms with van der Waals surface area (Å²) in [5, 5.41) is 4.52. The third-order valence-corrected chi connectivity index (χ3v) is 6.97. The highest BCUT2D eigenvalue weighted by atomic mass is 16.5. The lowest BCUT2D eigenvalue weighted by Gasteiger charge is -2.32. The number of nitrogens with zero attached hydrogens (tertiary/aromatic N) is 3. The first-order valence-electron chi connectivity index (χ1n) is 12.7. The third-order valence-electron chi connectivity index (χ3n) is 6.97. The number of anilines is 1. The van der Waals surface area contributed by atoms with E-state index in [-0.39, 0.29) is 5.91 Å². The van der Waals surface area contributed by atoms with E-state index < -0.39 is 0 Å². The molecule has 0 aliphatic heterocycles. The van der Waals surface area contributed by atoms with Gasteiger partial charge in [0.15, 0.2) is 0 Å². The molecule has 0 unspecified atom stereocenters. The maximum atomic E-state index is 13.6. The van der Waals surface area contributed by atoms with Crippen LogP contribution in [0.25, 0.3) is 11.3 Å². The predicted molar refractivity (Wildman–Crippen MR) is 140 cm³/mol. The maximum absolute atomic E-state index is 13.6. The fourth-order valence-electron chi connectivity index (χ4n) is 4.90. The van der Waals surface area contributed by atoms with Crippen molar-refractivity contribution in [1.82, 2.24) is 10.1 Å². The number of carbonyl (C=O) groups is 1. The minimum Gasteiger partial charge on any atom is -0.385 e. The van der Waals surface area contributed by atoms with Gasteiger partial charge in [-0.2, -0.15) is 0 Å². The van der Waals surface area contributed by atoms with E-state index in [2.05, 4.69) is 17.1 Å². The predicted octanol–water partition coefficient (Wildman–Crippen LogP) is 6.10. The lowest BCUT2D eigenvalue weighted by Crippen LogP contribution is -2.35. The lowest BCUT2D eigenvalue weighted by atomic mass is 9.94. The molecule has 1 aliphatic carbocycles. The average Bonchev–Trinajstić information content (AvgIpc) is 3.32. The molecule has 0 radical (unpaired) electrons. The second-order valence-corrected chi connectivity index (χ2v) is 9.52. The highest BCUT2D eigenvalue weighted by Crippen LogP contribution is 2.35. The second kappa shape index (κ2) is 12.0. The van der Waals surface area contributed by atoms with Gasteiger partial charge in [-0.15, -0.1) is 0 Å². The fourth-order valence-corrected chi connectivity index (χ4v) is 4.90. The van der Waals surface area contributed by atoms with Crippen molar-refractivity contribution in [2.75, 3.05) is 32.2 Å². The lowest BCUT2D eigenvalue weighted by molar-refractivity contribution is 0.0724. The van der Waals surface area contributed by atoms with Gasteiger partial charge in [-0.05, 0) is 38.3 Å². The number of methoxy groups -OCH3 is 1. The molecule has 1 saturated carbocycles. The van der Waals surface area contributed by atoms with Crippen molar-refractivity contribution in [2.24, 2.45) is 0 Å². The summed E-state index contributed by atoms with van der Waals surface area (Å²) in [4.78, 5) is 17.8. The van der Waals surface area contributed by atoms with Crippen molar-refractivity contribution >= 4 is 11.8 Å². The minimum atomic E-state index is 0.00702. The molecule has 2 aromatic carbocycles. The summed E-state index contributed by atoms with van der Waals surface area (Å²) in [6, 6.07) is 18.3. The molecule has 0 saturated heterocycles. The van der Waals surface area contributed by atoms with Gasteiger partial charge in [-0.3, -0.25) is 4.79 Å². The molecule has 3 aromatic rings. The molecule has 1 fully saturated rings. The van der Waals surface area contributed by atoms with E-state index in [0.29, 0.717) is 31.3 Å². The first-order valence-corrected chi connectivity index (χ1v) is 12.7. The second-order valence-electron chi connectivity index (χ2n) is 9.52. The molecule has 6 nitrogen and oxygen atoms in total. The third kappa shape index (κ3) is 6.12. The van der Waals surface area contributed by atoms with Gasteiger partial charge in [-0.25, -0.2) is 0 Å². The Balaban J connectivity index is 1.69. The highest BCUT2D eigenvalue weighted by molar-refractivity contribution is 5.94. The smallest absolute Gasteiger partial charge is 0.254 e. The first-order chi connectivity index (χ1) is 17.1. The summed E-state index contributed by atoms with van der Waals surface area (Å²) >= 11 is 0. The standard InChI is InChI=1S/C29H37N3O3/c1-22-15-17-24(18-16-22)28(33)32(19-10-20-34-3)21-26-27(23-11-6-4-7-12-23)30-35-29(26)31(2)25-13-8-5-9-14-25/h4,6-7,11-12,15-18,25H,5,8-10,13-14,19-21H2,1-3H3. The van der Waals surface area contributed by atoms with E-state index in [4.69, 9.17) is 9.26 Å². The van der Waals surface area contributed by atoms with Crippen LogP contribution < -0.4 is 4.90 Å². The van der Waals surface area contributed by atoms with Crippen molar-refractivity contribution < 1.29 is 14.1 Å². The van der Waals surface area contributed by atoms with E-state index in [1.54, 1.807) is 7.11 Å². The molecular formula is C29H37N3O3. The molecule has 1 amide bonds. The SMILES string of the molecule is COCCCN(Cc1c(-c2ccccc2)noc1N(C)C1CCCCC1)C(=O)c1ccc(C)cc1. The van der Waals surface area contributed by atoms with Crippen LogP contribution in [-0.2, 0) is 11.3 Å². The molecular weight excluding hydrogens is 438 g/mol. The number of amides is 1. The Hall–Kier alpha value is -3.12. The van der Waals surface area contributed by atoms with Crippen molar-refractivity contribution in [2.45, 2.75) is 58.0 Å². The van der Waals surface area contributed by atoms with Crippen LogP contribution in [0.5, 0.6) is 0 Å². The number of hydrogen-bond acceptors (Lipinski definition) is 5. The molecule has 1 aliphatic rings. The Bertz CT molecular complexity index is 1070. The van der Waals surface area contributed by atoms with Crippen LogP contribution >= 0.6 is 0 Å². The zero-order valence-electron chi connectivity index (χ0n) is 21.2. The van der Waals surface area contributed by atoms with Gasteiger partial charge < -0.3 is 19.1 Å². The summed E-state index contributed by atoms with van der Waals surface area (Å²) in [6.45, 7) is 3.64. The Morgan fingerprint density at radius 1 is 1.06 bits per heavy atom. The molecule has 6 heteroatoms. The summed E-state index contributed by atoms with van der Waals surface area (Å²) in [5.41, 5.74) is 4.58. The number of carbonyl (C=O) groups excluding carboxylic acids is 1. The molecule has 0 bridgehead atoms. The van der Waals surface area contributed by atoms with Gasteiger partial charge in [0.05, 0.1) is 12.1 Å². The van der Waals surface area contributed by atoms with Crippen LogP contribution in [0.4, 0.5) is 5.88 Å². The zero-order valence-corrected chi connectivity index (χ0v) is 21.2. The largest absolute Gasteiger partial charge is 0.385 e. The molecule has 186 valence electrons. The van der Waals surface area contributed by atoms with Gasteiger partial charge in [0.25, 0.3) is 5.91 Å². The molecule has 1 aromatic heterocycles. The Morgan fingerprint density at radius 2 is 1.77 bits per heavy atom. The fraction of sp³-hybridized carbons (Fsp3) is 0.448. The van der Waals surface area contributed by atoms with Gasteiger partial charge in [0.1, 0.15) is 5.69 Å². The molecule has 0 atom stereocenters. The monoisotopic (exact) mass is 475 g/mol. The summed E-state index contributed by atoms with van der Waals surface area (Å²) in [6.07, 6.45) is 6.82. The molecule has 35 heavy (non-hydrogen) atoms. The summed E-state index contributed by atoms with van der Waals surface area (Å²) in [5.74, 6) is 0.775. The summed E-state index contributed by atoms with van der Waals surface area (Å²) < 4.78 is 11.3. The van der Waals surface area contributed by atoms with Crippen LogP contribution in [-0.4, -0.2) is 49.3 Å². The average molecular weight is 476 g/mol. The van der Waals surface area contributed by atoms with Crippen LogP contribution in [0.15, 0.2) is 59.1 Å². The van der Waals surface area contributed by atoms with Crippen molar-refractivity contribution in [3.05, 3.63) is 71.3 Å². The Kier molecular flexibility index (Phi) is 8.59. The molecule has 0 spiro atoms. The minimum absolute atomic E-state index is 0.00702. The van der Waals surface area contributed by atoms with Crippen LogP contribution in [0.2, 0.25) is 0 Å². The quantitative estimate of drug-likeness (QED) is 0.332. The van der Waals surface area contributed by atoms with Gasteiger partial charge in [0, 0.05) is 44.5 Å². The molecule has 0 N–H and O–H groups in total. The highest BCUT2D eigenvalue weighted by Gasteiger charge is 2.29. The topological polar surface area (TPSA) is 58.8 Å². The number of benzene rings is 2. The number of ether oxygens (including phenoxy) is 1. The number of rotatable bonds is 10. The maximum Gasteiger partial charge on any atom is 0.254 e. The van der Waals surface area contributed by atoms with Crippen molar-refractivity contribution in [3.63, 3.8) is 0 Å². The van der Waals surface area contributed by atoms with E-state index >= 15 is 0 Å². The van der Waals surface area contributed by atoms with E-state index in [9.17, 15) is 4.79 Å². The summed E-state index contributed by atoms with van der Waals surface area (Å²) in [7, 11) is 3.79. The Labute approximate surface area is 208 Å². The van der Waals surface area contributed by atoms with Crippen LogP contribution in [0.1, 0.15) is 60.0 Å². The molecule has 1 heterocycles. The van der Waals surface area contributed by atoms with E-state index in [0.717, 1.165) is 47.5 Å². The van der Waals surface area contributed by atoms with E-state index in [1.165, 1.54) is 19.3 Å².